The maximum Gasteiger partial charge on any atom is 0.328 e. The quantitative estimate of drug-likeness (QED) is 0.809. The summed E-state index contributed by atoms with van der Waals surface area (Å²) in [6.07, 6.45) is 1.12. The van der Waals surface area contributed by atoms with Crippen LogP contribution in [0.25, 0.3) is 10.8 Å². The summed E-state index contributed by atoms with van der Waals surface area (Å²) in [5, 5.41) is 18.1. The third kappa shape index (κ3) is 5.93. The summed E-state index contributed by atoms with van der Waals surface area (Å²) in [5.41, 5.74) is 1.34. The molecule has 6 heteroatoms. The number of aliphatic carboxylic acids is 2. The summed E-state index contributed by atoms with van der Waals surface area (Å²) in [7, 11) is 5.92. The first-order valence-corrected chi connectivity index (χ1v) is 7.64. The molecule has 2 aromatic rings. The lowest BCUT2D eigenvalue weighted by Crippen LogP contribution is -2.16. The van der Waals surface area contributed by atoms with E-state index in [4.69, 9.17) is 14.9 Å². The van der Waals surface area contributed by atoms with E-state index in [9.17, 15) is 9.59 Å². The van der Waals surface area contributed by atoms with E-state index in [0.29, 0.717) is 18.2 Å². The molecular weight excluding hydrogens is 322 g/mol. The monoisotopic (exact) mass is 345 g/mol. The molecule has 0 aliphatic heterocycles. The fraction of sp³-hybridized carbons (Fsp3) is 0.263. The van der Waals surface area contributed by atoms with Crippen LogP contribution in [-0.2, 0) is 9.59 Å². The number of hydrogen-bond donors (Lipinski definition) is 2. The predicted octanol–water partition coefficient (Wildman–Crippen LogP) is 3.18. The first-order valence-electron chi connectivity index (χ1n) is 7.64. The van der Waals surface area contributed by atoms with Crippen molar-refractivity contribution in [1.82, 2.24) is 4.90 Å². The molecule has 0 saturated carbocycles. The molecular formula is C19H23NO5. The molecule has 0 spiro atoms. The molecule has 6 nitrogen and oxygen atoms in total. The number of nitrogens with zero attached hydrogens (tertiary/aromatic N) is 1. The van der Waals surface area contributed by atoms with E-state index in [0.717, 1.165) is 5.75 Å². The molecule has 2 rings (SSSR count). The highest BCUT2D eigenvalue weighted by Crippen LogP contribution is 2.31. The molecule has 0 radical (unpaired) electrons. The van der Waals surface area contributed by atoms with Crippen LogP contribution in [0, 0.1) is 0 Å². The second-order valence-electron chi connectivity index (χ2n) is 5.55. The zero-order valence-electron chi connectivity index (χ0n) is 14.8. The number of fused-ring (bicyclic) bond motifs is 1. The average molecular weight is 345 g/mol. The van der Waals surface area contributed by atoms with E-state index in [2.05, 4.69) is 50.2 Å². The Bertz CT molecular complexity index is 751. The van der Waals surface area contributed by atoms with Crippen molar-refractivity contribution >= 4 is 22.7 Å². The van der Waals surface area contributed by atoms with Crippen LogP contribution in [0.1, 0.15) is 18.5 Å². The summed E-state index contributed by atoms with van der Waals surface area (Å²) >= 11 is 0. The topological polar surface area (TPSA) is 87.1 Å². The van der Waals surface area contributed by atoms with Crippen molar-refractivity contribution in [2.75, 3.05) is 21.2 Å². The highest BCUT2D eigenvalue weighted by atomic mass is 16.5. The molecule has 0 amide bonds. The van der Waals surface area contributed by atoms with Crippen LogP contribution in [0.2, 0.25) is 0 Å². The molecule has 0 aliphatic carbocycles. The Morgan fingerprint density at radius 1 is 1.00 bits per heavy atom. The van der Waals surface area contributed by atoms with Gasteiger partial charge >= 0.3 is 11.9 Å². The van der Waals surface area contributed by atoms with Crippen LogP contribution in [0.5, 0.6) is 5.75 Å². The Morgan fingerprint density at radius 2 is 1.52 bits per heavy atom. The van der Waals surface area contributed by atoms with Crippen molar-refractivity contribution in [3.63, 3.8) is 0 Å². The summed E-state index contributed by atoms with van der Waals surface area (Å²) < 4.78 is 5.41. The Balaban J connectivity index is 0.000000333. The first-order chi connectivity index (χ1) is 11.8. The Labute approximate surface area is 146 Å². The average Bonchev–Trinajstić information content (AvgIpc) is 2.58. The number of rotatable bonds is 5. The standard InChI is InChI=1S/C15H19NO.C4H4O4/c1-11(16(2)3)12-7-5-9-14-13(12)8-6-10-15(14)17-4;5-3(6)1-2-4(7)8/h5-11H,1-4H3;1-2H,(H,5,6)(H,7,8)/b;2-1+. The van der Waals surface area contributed by atoms with Crippen LogP contribution >= 0.6 is 0 Å². The zero-order valence-corrected chi connectivity index (χ0v) is 14.8. The van der Waals surface area contributed by atoms with Gasteiger partial charge in [0.25, 0.3) is 0 Å². The fourth-order valence-corrected chi connectivity index (χ4v) is 2.27. The Hall–Kier alpha value is -2.86. The van der Waals surface area contributed by atoms with E-state index in [-0.39, 0.29) is 0 Å². The number of carbonyl (C=O) groups is 2. The molecule has 134 valence electrons. The lowest BCUT2D eigenvalue weighted by molar-refractivity contribution is -0.134. The molecule has 0 fully saturated rings. The van der Waals surface area contributed by atoms with Gasteiger partial charge in [-0.2, -0.15) is 0 Å². The van der Waals surface area contributed by atoms with Crippen molar-refractivity contribution in [2.45, 2.75) is 13.0 Å². The molecule has 2 aromatic carbocycles. The maximum atomic E-state index is 9.55. The molecule has 0 aliphatic rings. The summed E-state index contributed by atoms with van der Waals surface area (Å²) in [5.74, 6) is -1.57. The molecule has 0 heterocycles. The zero-order chi connectivity index (χ0) is 19.0. The highest BCUT2D eigenvalue weighted by molar-refractivity contribution is 5.91. The molecule has 0 bridgehead atoms. The van der Waals surface area contributed by atoms with Gasteiger partial charge in [0, 0.05) is 23.6 Å². The second kappa shape index (κ2) is 9.44. The van der Waals surface area contributed by atoms with Gasteiger partial charge in [0.05, 0.1) is 7.11 Å². The van der Waals surface area contributed by atoms with Gasteiger partial charge in [0.2, 0.25) is 0 Å². The van der Waals surface area contributed by atoms with Crippen LogP contribution in [0.4, 0.5) is 0 Å². The fourth-order valence-electron chi connectivity index (χ4n) is 2.27. The van der Waals surface area contributed by atoms with E-state index >= 15 is 0 Å². The molecule has 0 aromatic heterocycles. The minimum atomic E-state index is -1.26. The van der Waals surface area contributed by atoms with E-state index in [1.807, 2.05) is 12.1 Å². The van der Waals surface area contributed by atoms with Crippen LogP contribution < -0.4 is 4.74 Å². The minimum absolute atomic E-state index is 0.394. The molecule has 0 saturated heterocycles. The smallest absolute Gasteiger partial charge is 0.328 e. The molecule has 1 atom stereocenters. The van der Waals surface area contributed by atoms with Crippen molar-refractivity contribution in [1.29, 1.82) is 0 Å². The summed E-state index contributed by atoms with van der Waals surface area (Å²) in [6.45, 7) is 2.22. The highest BCUT2D eigenvalue weighted by Gasteiger charge is 2.12. The van der Waals surface area contributed by atoms with Gasteiger partial charge in [-0.1, -0.05) is 30.3 Å². The Morgan fingerprint density at radius 3 is 2.00 bits per heavy atom. The number of carboxylic acid groups (broad SMARTS) is 2. The van der Waals surface area contributed by atoms with Crippen molar-refractivity contribution < 1.29 is 24.5 Å². The molecule has 25 heavy (non-hydrogen) atoms. The van der Waals surface area contributed by atoms with E-state index in [1.165, 1.54) is 16.3 Å². The van der Waals surface area contributed by atoms with Gasteiger partial charge in [-0.05, 0) is 38.0 Å². The maximum absolute atomic E-state index is 9.55. The summed E-state index contributed by atoms with van der Waals surface area (Å²) in [4.78, 5) is 21.3. The first kappa shape index (κ1) is 20.2. The van der Waals surface area contributed by atoms with Gasteiger partial charge in [0.1, 0.15) is 5.75 Å². The van der Waals surface area contributed by atoms with Crippen molar-refractivity contribution in [3.8, 4) is 5.75 Å². The van der Waals surface area contributed by atoms with Crippen LogP contribution in [0.3, 0.4) is 0 Å². The number of carboxylic acids is 2. The van der Waals surface area contributed by atoms with Gasteiger partial charge in [0.15, 0.2) is 0 Å². The van der Waals surface area contributed by atoms with Crippen molar-refractivity contribution in [3.05, 3.63) is 54.1 Å². The largest absolute Gasteiger partial charge is 0.496 e. The predicted molar refractivity (Wildman–Crippen MR) is 97.0 cm³/mol. The second-order valence-corrected chi connectivity index (χ2v) is 5.55. The van der Waals surface area contributed by atoms with Crippen LogP contribution in [-0.4, -0.2) is 48.3 Å². The Kier molecular flexibility index (Phi) is 7.62. The van der Waals surface area contributed by atoms with Gasteiger partial charge in [-0.25, -0.2) is 9.59 Å². The minimum Gasteiger partial charge on any atom is -0.496 e. The van der Waals surface area contributed by atoms with Gasteiger partial charge in [-0.3, -0.25) is 0 Å². The summed E-state index contributed by atoms with van der Waals surface area (Å²) in [6, 6.07) is 13.0. The number of methoxy groups -OCH3 is 1. The van der Waals surface area contributed by atoms with Gasteiger partial charge in [-0.15, -0.1) is 0 Å². The SMILES string of the molecule is COc1cccc2c(C(C)N(C)C)cccc12.O=C(O)/C=C/C(=O)O. The molecule has 2 N–H and O–H groups in total. The van der Waals surface area contributed by atoms with E-state index in [1.54, 1.807) is 7.11 Å². The number of hydrogen-bond acceptors (Lipinski definition) is 4. The van der Waals surface area contributed by atoms with E-state index < -0.39 is 11.9 Å². The number of ether oxygens (including phenoxy) is 1. The normalized spacial score (nSPS) is 11.9. The lowest BCUT2D eigenvalue weighted by atomic mass is 9.98. The van der Waals surface area contributed by atoms with Crippen LogP contribution in [0.15, 0.2) is 48.6 Å². The third-order valence-electron chi connectivity index (χ3n) is 3.73. The third-order valence-corrected chi connectivity index (χ3v) is 3.73. The van der Waals surface area contributed by atoms with Gasteiger partial charge < -0.3 is 19.8 Å². The lowest BCUT2D eigenvalue weighted by Gasteiger charge is -2.22. The van der Waals surface area contributed by atoms with Crippen molar-refractivity contribution in [2.24, 2.45) is 0 Å². The number of benzene rings is 2. The molecule has 1 unspecified atom stereocenters.